The molecule has 1 atom stereocenters. The molecule has 0 amide bonds. The van der Waals surface area contributed by atoms with Gasteiger partial charge in [-0.2, -0.15) is 18.4 Å². The number of hydrogen-bond acceptors (Lipinski definition) is 5. The Bertz CT molecular complexity index is 1110. The lowest BCUT2D eigenvalue weighted by Crippen LogP contribution is -2.41. The summed E-state index contributed by atoms with van der Waals surface area (Å²) in [5.41, 5.74) is -0.991. The smallest absolute Gasteiger partial charge is 0.417 e. The van der Waals surface area contributed by atoms with Crippen molar-refractivity contribution < 1.29 is 28.1 Å². The minimum absolute atomic E-state index is 0.0751. The van der Waals surface area contributed by atoms with E-state index in [4.69, 9.17) is 27.3 Å². The molecule has 1 aliphatic heterocycles. The summed E-state index contributed by atoms with van der Waals surface area (Å²) in [5.74, 6) is 0.465. The highest BCUT2D eigenvalue weighted by Gasteiger charge is 2.46. The average molecular weight is 478 g/mol. The maximum atomic E-state index is 13.5. The molecule has 1 aliphatic rings. The zero-order chi connectivity index (χ0) is 24.6. The van der Waals surface area contributed by atoms with Crippen molar-refractivity contribution in [2.24, 2.45) is 0 Å². The molecule has 1 heterocycles. The van der Waals surface area contributed by atoms with Crippen LogP contribution in [0.5, 0.6) is 5.75 Å². The number of anilines is 2. The van der Waals surface area contributed by atoms with Gasteiger partial charge in [-0.25, -0.2) is 0 Å². The van der Waals surface area contributed by atoms with Gasteiger partial charge in [0, 0.05) is 17.1 Å². The number of rotatable bonds is 6. The van der Waals surface area contributed by atoms with Crippen molar-refractivity contribution in [2.75, 3.05) is 23.0 Å². The molecule has 33 heavy (non-hydrogen) atoms. The normalized spacial score (nSPS) is 16.7. The molecule has 0 bridgehead atoms. The molecule has 1 unspecified atom stereocenters. The number of hydrogen-bond donors (Lipinski definition) is 2. The Balaban J connectivity index is 1.95. The number of nitrogens with zero attached hydrogens (tertiary/aromatic N) is 3. The Kier molecular flexibility index (Phi) is 6.70. The fourth-order valence-corrected chi connectivity index (χ4v) is 4.05. The van der Waals surface area contributed by atoms with E-state index in [2.05, 4.69) is 6.58 Å². The fourth-order valence-electron chi connectivity index (χ4n) is 3.50. The molecule has 0 saturated carbocycles. The molecule has 0 aliphatic carbocycles. The number of thiocarbonyl (C=S) groups is 1. The molecule has 174 valence electrons. The standard InChI is InChI=1S/C23H22F3N3O3S/c1-14-22(2,3)29(16-6-8-19(9-7-16)32-13-18(31)12-30)21(33)28(14)17-5-4-15(11-27)20(10-17)23(24,25)26/h4-10,18,30-31H,1,12-13H2,2-3H3. The fraction of sp³-hybridized carbons (Fsp3) is 0.304. The Morgan fingerprint density at radius 1 is 1.18 bits per heavy atom. The zero-order valence-electron chi connectivity index (χ0n) is 17.9. The largest absolute Gasteiger partial charge is 0.491 e. The first-order valence-corrected chi connectivity index (χ1v) is 10.3. The van der Waals surface area contributed by atoms with Crippen LogP contribution >= 0.6 is 12.2 Å². The van der Waals surface area contributed by atoms with Crippen molar-refractivity contribution in [2.45, 2.75) is 31.7 Å². The Morgan fingerprint density at radius 3 is 2.33 bits per heavy atom. The first-order chi connectivity index (χ1) is 15.4. The molecule has 0 spiro atoms. The van der Waals surface area contributed by atoms with Gasteiger partial charge in [-0.1, -0.05) is 6.58 Å². The lowest BCUT2D eigenvalue weighted by Gasteiger charge is -2.31. The topological polar surface area (TPSA) is 80.0 Å². The Morgan fingerprint density at radius 2 is 1.79 bits per heavy atom. The second kappa shape index (κ2) is 9.02. The zero-order valence-corrected chi connectivity index (χ0v) is 18.7. The highest BCUT2D eigenvalue weighted by Crippen LogP contribution is 2.43. The maximum Gasteiger partial charge on any atom is 0.417 e. The lowest BCUT2D eigenvalue weighted by atomic mass is 9.99. The third-order valence-electron chi connectivity index (χ3n) is 5.35. The van der Waals surface area contributed by atoms with E-state index in [1.165, 1.54) is 11.0 Å². The van der Waals surface area contributed by atoms with Gasteiger partial charge in [0.05, 0.1) is 29.3 Å². The van der Waals surface area contributed by atoms with Gasteiger partial charge in [0.1, 0.15) is 18.5 Å². The average Bonchev–Trinajstić information content (AvgIpc) is 2.95. The molecule has 10 heteroatoms. The summed E-state index contributed by atoms with van der Waals surface area (Å²) in [5, 5.41) is 27.6. The van der Waals surface area contributed by atoms with Crippen LogP contribution in [0.15, 0.2) is 54.7 Å². The van der Waals surface area contributed by atoms with Crippen molar-refractivity contribution in [3.05, 3.63) is 65.9 Å². The van der Waals surface area contributed by atoms with Gasteiger partial charge in [0.15, 0.2) is 5.11 Å². The quantitative estimate of drug-likeness (QED) is 0.604. The molecule has 1 saturated heterocycles. The molecule has 2 aromatic rings. The number of aliphatic hydroxyl groups is 2. The number of halogens is 3. The van der Waals surface area contributed by atoms with E-state index in [0.29, 0.717) is 17.1 Å². The summed E-state index contributed by atoms with van der Waals surface area (Å²) in [6, 6.07) is 11.8. The Labute approximate surface area is 194 Å². The van der Waals surface area contributed by atoms with Crippen LogP contribution in [0.4, 0.5) is 24.5 Å². The second-order valence-electron chi connectivity index (χ2n) is 7.94. The predicted molar refractivity (Wildman–Crippen MR) is 122 cm³/mol. The van der Waals surface area contributed by atoms with Gasteiger partial charge in [0.25, 0.3) is 0 Å². The molecular weight excluding hydrogens is 455 g/mol. The van der Waals surface area contributed by atoms with Crippen LogP contribution in [0.25, 0.3) is 0 Å². The van der Waals surface area contributed by atoms with Crippen LogP contribution in [-0.4, -0.2) is 40.2 Å². The Hall–Kier alpha value is -3.13. The van der Waals surface area contributed by atoms with Crippen LogP contribution in [0.2, 0.25) is 0 Å². The van der Waals surface area contributed by atoms with Gasteiger partial charge in [-0.3, -0.25) is 4.90 Å². The summed E-state index contributed by atoms with van der Waals surface area (Å²) in [6.45, 7) is 7.27. The summed E-state index contributed by atoms with van der Waals surface area (Å²) < 4.78 is 45.9. The minimum atomic E-state index is -4.70. The number of aliphatic hydroxyl groups excluding tert-OH is 2. The highest BCUT2D eigenvalue weighted by molar-refractivity contribution is 7.80. The minimum Gasteiger partial charge on any atom is -0.491 e. The molecule has 2 N–H and O–H groups in total. The monoisotopic (exact) mass is 477 g/mol. The number of nitriles is 1. The summed E-state index contributed by atoms with van der Waals surface area (Å²) in [4.78, 5) is 3.23. The van der Waals surface area contributed by atoms with E-state index in [1.54, 1.807) is 35.2 Å². The number of alkyl halides is 3. The van der Waals surface area contributed by atoms with E-state index in [0.717, 1.165) is 12.1 Å². The summed E-state index contributed by atoms with van der Waals surface area (Å²) in [6.07, 6.45) is -5.70. The SMILES string of the molecule is C=C1N(c2ccc(C#N)c(C(F)(F)F)c2)C(=S)N(c2ccc(OCC(O)CO)cc2)C1(C)C. The van der Waals surface area contributed by atoms with E-state index < -0.39 is 35.6 Å². The first kappa shape index (κ1) is 24.5. The molecular formula is C23H22F3N3O3S. The van der Waals surface area contributed by atoms with Crippen molar-refractivity contribution in [1.82, 2.24) is 0 Å². The van der Waals surface area contributed by atoms with Crippen molar-refractivity contribution >= 4 is 28.7 Å². The van der Waals surface area contributed by atoms with Crippen LogP contribution < -0.4 is 14.5 Å². The third-order valence-corrected chi connectivity index (χ3v) is 5.72. The highest BCUT2D eigenvalue weighted by atomic mass is 32.1. The molecule has 3 rings (SSSR count). The molecule has 6 nitrogen and oxygen atoms in total. The van der Waals surface area contributed by atoms with Crippen molar-refractivity contribution in [3.8, 4) is 11.8 Å². The number of benzene rings is 2. The van der Waals surface area contributed by atoms with Gasteiger partial charge in [0.2, 0.25) is 0 Å². The van der Waals surface area contributed by atoms with Gasteiger partial charge in [-0.05, 0) is 68.5 Å². The molecule has 1 fully saturated rings. The first-order valence-electron chi connectivity index (χ1n) is 9.88. The van der Waals surface area contributed by atoms with Crippen LogP contribution in [0.1, 0.15) is 25.0 Å². The van der Waals surface area contributed by atoms with Crippen LogP contribution in [0.3, 0.4) is 0 Å². The molecule has 0 aromatic heterocycles. The summed E-state index contributed by atoms with van der Waals surface area (Å²) in [7, 11) is 0. The van der Waals surface area contributed by atoms with Crippen molar-refractivity contribution in [1.29, 1.82) is 5.26 Å². The lowest BCUT2D eigenvalue weighted by molar-refractivity contribution is -0.137. The van der Waals surface area contributed by atoms with Crippen molar-refractivity contribution in [3.63, 3.8) is 0 Å². The summed E-state index contributed by atoms with van der Waals surface area (Å²) >= 11 is 5.64. The van der Waals surface area contributed by atoms with E-state index >= 15 is 0 Å². The van der Waals surface area contributed by atoms with Gasteiger partial charge in [-0.15, -0.1) is 0 Å². The third kappa shape index (κ3) is 4.66. The molecule has 2 aromatic carbocycles. The maximum absolute atomic E-state index is 13.5. The van der Waals surface area contributed by atoms with E-state index in [9.17, 15) is 18.3 Å². The van der Waals surface area contributed by atoms with Gasteiger partial charge < -0.3 is 19.8 Å². The molecule has 0 radical (unpaired) electrons. The van der Waals surface area contributed by atoms with E-state index in [-0.39, 0.29) is 17.4 Å². The van der Waals surface area contributed by atoms with Crippen LogP contribution in [0, 0.1) is 11.3 Å². The van der Waals surface area contributed by atoms with Crippen LogP contribution in [-0.2, 0) is 6.18 Å². The predicted octanol–water partition coefficient (Wildman–Crippen LogP) is 4.21. The second-order valence-corrected chi connectivity index (χ2v) is 8.31. The number of ether oxygens (including phenoxy) is 1. The van der Waals surface area contributed by atoms with Gasteiger partial charge >= 0.3 is 6.18 Å². The van der Waals surface area contributed by atoms with E-state index in [1.807, 2.05) is 13.8 Å².